The predicted octanol–water partition coefficient (Wildman–Crippen LogP) is -1.64. The van der Waals surface area contributed by atoms with E-state index >= 15 is 0 Å². The lowest BCUT2D eigenvalue weighted by atomic mass is 10.4. The fourth-order valence-corrected chi connectivity index (χ4v) is 0.626. The summed E-state index contributed by atoms with van der Waals surface area (Å²) in [7, 11) is 0. The molecule has 78 valence electrons. The molecule has 0 aliphatic heterocycles. The zero-order valence-electron chi connectivity index (χ0n) is 7.62. The summed E-state index contributed by atoms with van der Waals surface area (Å²) in [5, 5.41) is 0. The molecule has 0 bridgehead atoms. The standard InChI is InChI=1S/C7H17N3O3/c8-7(11)1-3-12-5-6-13-4-2-10-9/h10H,1-6,9H2,(H2,8,11). The van der Waals surface area contributed by atoms with Crippen molar-refractivity contribution in [3.05, 3.63) is 0 Å². The number of amides is 1. The molecule has 6 nitrogen and oxygen atoms in total. The van der Waals surface area contributed by atoms with Gasteiger partial charge in [-0.2, -0.15) is 0 Å². The first-order valence-electron chi connectivity index (χ1n) is 4.14. The van der Waals surface area contributed by atoms with E-state index in [-0.39, 0.29) is 12.3 Å². The summed E-state index contributed by atoms with van der Waals surface area (Å²) in [5.74, 6) is 4.66. The summed E-state index contributed by atoms with van der Waals surface area (Å²) in [5.41, 5.74) is 7.36. The van der Waals surface area contributed by atoms with E-state index < -0.39 is 0 Å². The minimum atomic E-state index is -0.353. The van der Waals surface area contributed by atoms with Gasteiger partial charge in [0.15, 0.2) is 0 Å². The maximum atomic E-state index is 10.3. The van der Waals surface area contributed by atoms with E-state index in [1.807, 2.05) is 0 Å². The first-order valence-corrected chi connectivity index (χ1v) is 4.14. The Balaban J connectivity index is 2.87. The zero-order valence-corrected chi connectivity index (χ0v) is 7.62. The van der Waals surface area contributed by atoms with E-state index in [0.717, 1.165) is 0 Å². The summed E-state index contributed by atoms with van der Waals surface area (Å²) in [4.78, 5) is 10.3. The first-order chi connectivity index (χ1) is 6.27. The number of hydrogen-bond acceptors (Lipinski definition) is 5. The lowest BCUT2D eigenvalue weighted by Crippen LogP contribution is -2.26. The van der Waals surface area contributed by atoms with Crippen LogP contribution >= 0.6 is 0 Å². The van der Waals surface area contributed by atoms with E-state index in [9.17, 15) is 4.79 Å². The molecule has 0 spiro atoms. The van der Waals surface area contributed by atoms with Gasteiger partial charge in [0, 0.05) is 13.0 Å². The van der Waals surface area contributed by atoms with Gasteiger partial charge in [-0.15, -0.1) is 0 Å². The molecule has 0 saturated heterocycles. The molecule has 0 fully saturated rings. The smallest absolute Gasteiger partial charge is 0.219 e. The lowest BCUT2D eigenvalue weighted by molar-refractivity contribution is -0.119. The van der Waals surface area contributed by atoms with Crippen molar-refractivity contribution in [1.82, 2.24) is 5.43 Å². The number of primary amides is 1. The summed E-state index contributed by atoms with van der Waals surface area (Å²) in [6.07, 6.45) is 0.254. The molecule has 0 aliphatic carbocycles. The number of carbonyl (C=O) groups is 1. The van der Waals surface area contributed by atoms with Gasteiger partial charge >= 0.3 is 0 Å². The Morgan fingerprint density at radius 1 is 1.15 bits per heavy atom. The van der Waals surface area contributed by atoms with Crippen LogP contribution in [0.4, 0.5) is 0 Å². The maximum Gasteiger partial charge on any atom is 0.219 e. The monoisotopic (exact) mass is 191 g/mol. The van der Waals surface area contributed by atoms with Crippen molar-refractivity contribution in [2.45, 2.75) is 6.42 Å². The summed E-state index contributed by atoms with van der Waals surface area (Å²) in [6, 6.07) is 0. The molecule has 6 heteroatoms. The highest BCUT2D eigenvalue weighted by molar-refractivity contribution is 5.73. The Hall–Kier alpha value is -0.690. The van der Waals surface area contributed by atoms with Gasteiger partial charge in [0.05, 0.1) is 26.4 Å². The van der Waals surface area contributed by atoms with Crippen LogP contribution < -0.4 is 17.0 Å². The highest BCUT2D eigenvalue weighted by atomic mass is 16.5. The van der Waals surface area contributed by atoms with E-state index in [1.54, 1.807) is 0 Å². The largest absolute Gasteiger partial charge is 0.379 e. The van der Waals surface area contributed by atoms with E-state index in [2.05, 4.69) is 5.43 Å². The van der Waals surface area contributed by atoms with Crippen LogP contribution in [0.25, 0.3) is 0 Å². The molecule has 13 heavy (non-hydrogen) atoms. The van der Waals surface area contributed by atoms with Crippen molar-refractivity contribution in [2.75, 3.05) is 33.0 Å². The number of nitrogens with one attached hydrogen (secondary N) is 1. The van der Waals surface area contributed by atoms with Crippen LogP contribution in [0.1, 0.15) is 6.42 Å². The Kier molecular flexibility index (Phi) is 8.90. The van der Waals surface area contributed by atoms with Gasteiger partial charge in [0.1, 0.15) is 0 Å². The minimum absolute atomic E-state index is 0.254. The third-order valence-electron chi connectivity index (χ3n) is 1.26. The van der Waals surface area contributed by atoms with Crippen molar-refractivity contribution in [2.24, 2.45) is 11.6 Å². The third kappa shape index (κ3) is 11.3. The van der Waals surface area contributed by atoms with Crippen LogP contribution in [0.2, 0.25) is 0 Å². The van der Waals surface area contributed by atoms with Crippen LogP contribution in [0, 0.1) is 0 Å². The number of nitrogens with two attached hydrogens (primary N) is 2. The molecule has 0 aromatic carbocycles. The number of rotatable bonds is 9. The average molecular weight is 191 g/mol. The lowest BCUT2D eigenvalue weighted by Gasteiger charge is -2.04. The van der Waals surface area contributed by atoms with Crippen LogP contribution in [0.15, 0.2) is 0 Å². The molecule has 0 unspecified atom stereocenters. The summed E-state index contributed by atoms with van der Waals surface area (Å²) >= 11 is 0. The molecule has 5 N–H and O–H groups in total. The number of carbonyl (C=O) groups excluding carboxylic acids is 1. The van der Waals surface area contributed by atoms with Crippen LogP contribution in [0.3, 0.4) is 0 Å². The van der Waals surface area contributed by atoms with Gasteiger partial charge in [-0.25, -0.2) is 0 Å². The molecule has 0 rings (SSSR count). The van der Waals surface area contributed by atoms with E-state index in [1.165, 1.54) is 0 Å². The van der Waals surface area contributed by atoms with Gasteiger partial charge in [-0.05, 0) is 0 Å². The van der Waals surface area contributed by atoms with Gasteiger partial charge in [0.25, 0.3) is 0 Å². The third-order valence-corrected chi connectivity index (χ3v) is 1.26. The highest BCUT2D eigenvalue weighted by Crippen LogP contribution is 1.82. The Labute approximate surface area is 77.5 Å². The normalized spacial score (nSPS) is 10.2. The Morgan fingerprint density at radius 2 is 1.77 bits per heavy atom. The average Bonchev–Trinajstić information content (AvgIpc) is 2.09. The Morgan fingerprint density at radius 3 is 2.31 bits per heavy atom. The van der Waals surface area contributed by atoms with E-state index in [0.29, 0.717) is 33.0 Å². The molecule has 0 radical (unpaired) electrons. The molecular formula is C7H17N3O3. The van der Waals surface area contributed by atoms with Crippen molar-refractivity contribution < 1.29 is 14.3 Å². The topological polar surface area (TPSA) is 99.6 Å². The van der Waals surface area contributed by atoms with Gasteiger partial charge in [-0.3, -0.25) is 16.1 Å². The second-order valence-corrected chi connectivity index (χ2v) is 2.40. The molecule has 0 heterocycles. The van der Waals surface area contributed by atoms with Crippen molar-refractivity contribution >= 4 is 5.91 Å². The van der Waals surface area contributed by atoms with E-state index in [4.69, 9.17) is 21.1 Å². The molecule has 0 atom stereocenters. The fourth-order valence-electron chi connectivity index (χ4n) is 0.626. The molecule has 1 amide bonds. The highest BCUT2D eigenvalue weighted by Gasteiger charge is 1.93. The quantitative estimate of drug-likeness (QED) is 0.230. The predicted molar refractivity (Wildman–Crippen MR) is 47.6 cm³/mol. The second kappa shape index (κ2) is 9.40. The van der Waals surface area contributed by atoms with Crippen molar-refractivity contribution in [3.63, 3.8) is 0 Å². The molecule has 0 aliphatic rings. The Bertz CT molecular complexity index is 132. The van der Waals surface area contributed by atoms with Crippen LogP contribution in [-0.4, -0.2) is 38.9 Å². The number of ether oxygens (including phenoxy) is 2. The number of hydrogen-bond donors (Lipinski definition) is 3. The maximum absolute atomic E-state index is 10.3. The van der Waals surface area contributed by atoms with Crippen LogP contribution in [0.5, 0.6) is 0 Å². The van der Waals surface area contributed by atoms with Crippen molar-refractivity contribution in [3.8, 4) is 0 Å². The molecule has 0 aromatic heterocycles. The molecular weight excluding hydrogens is 174 g/mol. The van der Waals surface area contributed by atoms with Crippen molar-refractivity contribution in [1.29, 1.82) is 0 Å². The fraction of sp³-hybridized carbons (Fsp3) is 0.857. The minimum Gasteiger partial charge on any atom is -0.379 e. The molecule has 0 aromatic rings. The van der Waals surface area contributed by atoms with Gasteiger partial charge < -0.3 is 15.2 Å². The van der Waals surface area contributed by atoms with Crippen LogP contribution in [-0.2, 0) is 14.3 Å². The van der Waals surface area contributed by atoms with Gasteiger partial charge in [-0.1, -0.05) is 0 Å². The first kappa shape index (κ1) is 12.3. The second-order valence-electron chi connectivity index (χ2n) is 2.40. The zero-order chi connectivity index (χ0) is 9.94. The summed E-state index contributed by atoms with van der Waals surface area (Å²) < 4.78 is 10.1. The molecule has 0 saturated carbocycles. The summed E-state index contributed by atoms with van der Waals surface area (Å²) in [6.45, 7) is 2.49. The van der Waals surface area contributed by atoms with Gasteiger partial charge in [0.2, 0.25) is 5.91 Å². The SMILES string of the molecule is NNCCOCCOCCC(N)=O. The number of hydrazine groups is 1.